The molecule has 0 radical (unpaired) electrons. The Bertz CT molecular complexity index is 300. The van der Waals surface area contributed by atoms with Crippen molar-refractivity contribution in [1.82, 2.24) is 0 Å². The van der Waals surface area contributed by atoms with Gasteiger partial charge in [0.1, 0.15) is 5.75 Å². The Kier molecular flexibility index (Phi) is 4.38. The van der Waals surface area contributed by atoms with E-state index in [0.717, 1.165) is 15.8 Å². The summed E-state index contributed by atoms with van der Waals surface area (Å²) >= 11 is 3.42. The summed E-state index contributed by atoms with van der Waals surface area (Å²) in [5.41, 5.74) is 6.50. The third-order valence-electron chi connectivity index (χ3n) is 2.15. The molecule has 0 saturated heterocycles. The molecule has 1 aromatic rings. The first kappa shape index (κ1) is 11.5. The molecule has 3 N–H and O–H groups in total. The lowest BCUT2D eigenvalue weighted by atomic mass is 9.99. The van der Waals surface area contributed by atoms with Crippen LogP contribution in [0.3, 0.4) is 0 Å². The van der Waals surface area contributed by atoms with E-state index in [1.807, 2.05) is 18.2 Å². The van der Waals surface area contributed by atoms with Crippen molar-refractivity contribution in [3.8, 4) is 5.75 Å². The highest BCUT2D eigenvalue weighted by Crippen LogP contribution is 2.32. The zero-order valence-corrected chi connectivity index (χ0v) is 9.62. The highest BCUT2D eigenvalue weighted by atomic mass is 79.9. The molecule has 1 unspecified atom stereocenters. The molecule has 0 aliphatic heterocycles. The molecule has 4 heteroatoms. The van der Waals surface area contributed by atoms with Crippen LogP contribution in [0.15, 0.2) is 22.7 Å². The summed E-state index contributed by atoms with van der Waals surface area (Å²) in [6.07, 6.45) is 0. The number of methoxy groups -OCH3 is 1. The van der Waals surface area contributed by atoms with Crippen LogP contribution < -0.4 is 10.5 Å². The molecule has 1 aromatic carbocycles. The fourth-order valence-electron chi connectivity index (χ4n) is 1.38. The number of benzene rings is 1. The molecule has 0 aromatic heterocycles. The van der Waals surface area contributed by atoms with Gasteiger partial charge in [0, 0.05) is 22.5 Å². The summed E-state index contributed by atoms with van der Waals surface area (Å²) in [5, 5.41) is 9.17. The Labute approximate surface area is 92.0 Å². The van der Waals surface area contributed by atoms with Gasteiger partial charge in [0.15, 0.2) is 0 Å². The minimum Gasteiger partial charge on any atom is -0.496 e. The van der Waals surface area contributed by atoms with Crippen LogP contribution in [-0.4, -0.2) is 25.4 Å². The third-order valence-corrected chi connectivity index (χ3v) is 2.84. The smallest absolute Gasteiger partial charge is 0.123 e. The van der Waals surface area contributed by atoms with Crippen LogP contribution >= 0.6 is 15.9 Å². The highest BCUT2D eigenvalue weighted by molar-refractivity contribution is 9.10. The molecule has 0 aliphatic rings. The van der Waals surface area contributed by atoms with Crippen LogP contribution in [0.4, 0.5) is 0 Å². The van der Waals surface area contributed by atoms with Gasteiger partial charge in [0.2, 0.25) is 0 Å². The van der Waals surface area contributed by atoms with E-state index >= 15 is 0 Å². The van der Waals surface area contributed by atoms with E-state index in [1.165, 1.54) is 0 Å². The second-order valence-corrected chi connectivity index (χ2v) is 3.83. The quantitative estimate of drug-likeness (QED) is 0.862. The molecule has 0 saturated carbocycles. The standard InChI is InChI=1S/C10H14BrNO2/c1-14-9-4-2-3-8(11)10(9)7(5-12)6-13/h2-4,7,13H,5-6,12H2,1H3. The monoisotopic (exact) mass is 259 g/mol. The minimum absolute atomic E-state index is 0.0233. The van der Waals surface area contributed by atoms with E-state index in [1.54, 1.807) is 7.11 Å². The van der Waals surface area contributed by atoms with Crippen LogP contribution in [0.2, 0.25) is 0 Å². The maximum atomic E-state index is 9.17. The summed E-state index contributed by atoms with van der Waals surface area (Å²) < 4.78 is 6.13. The van der Waals surface area contributed by atoms with Gasteiger partial charge in [-0.15, -0.1) is 0 Å². The van der Waals surface area contributed by atoms with Crippen molar-refractivity contribution in [2.75, 3.05) is 20.3 Å². The van der Waals surface area contributed by atoms with Crippen molar-refractivity contribution >= 4 is 15.9 Å². The molecule has 3 nitrogen and oxygen atoms in total. The SMILES string of the molecule is COc1cccc(Br)c1C(CN)CO. The molecule has 0 bridgehead atoms. The molecule has 0 amide bonds. The first-order chi connectivity index (χ1) is 6.74. The van der Waals surface area contributed by atoms with E-state index < -0.39 is 0 Å². The van der Waals surface area contributed by atoms with Crippen molar-refractivity contribution in [3.05, 3.63) is 28.2 Å². The third kappa shape index (κ3) is 2.26. The van der Waals surface area contributed by atoms with Crippen LogP contribution in [0, 0.1) is 0 Å². The van der Waals surface area contributed by atoms with Gasteiger partial charge < -0.3 is 15.6 Å². The molecular formula is C10H14BrNO2. The van der Waals surface area contributed by atoms with Crippen LogP contribution in [-0.2, 0) is 0 Å². The van der Waals surface area contributed by atoms with Crippen molar-refractivity contribution in [1.29, 1.82) is 0 Å². The Hall–Kier alpha value is -0.580. The molecule has 0 aliphatic carbocycles. The number of aliphatic hydroxyl groups excluding tert-OH is 1. The maximum absolute atomic E-state index is 9.17. The summed E-state index contributed by atoms with van der Waals surface area (Å²) in [4.78, 5) is 0. The first-order valence-electron chi connectivity index (χ1n) is 4.38. The van der Waals surface area contributed by atoms with Crippen molar-refractivity contribution < 1.29 is 9.84 Å². The van der Waals surface area contributed by atoms with Crippen LogP contribution in [0.1, 0.15) is 11.5 Å². The average molecular weight is 260 g/mol. The summed E-state index contributed by atoms with van der Waals surface area (Å²) in [6.45, 7) is 0.422. The zero-order chi connectivity index (χ0) is 10.6. The summed E-state index contributed by atoms with van der Waals surface area (Å²) in [6, 6.07) is 5.66. The van der Waals surface area contributed by atoms with E-state index in [4.69, 9.17) is 15.6 Å². The summed E-state index contributed by atoms with van der Waals surface area (Å²) in [7, 11) is 1.61. The molecule has 0 spiro atoms. The number of rotatable bonds is 4. The summed E-state index contributed by atoms with van der Waals surface area (Å²) in [5.74, 6) is 0.671. The Morgan fingerprint density at radius 3 is 2.79 bits per heavy atom. The Balaban J connectivity index is 3.14. The Morgan fingerprint density at radius 1 is 1.57 bits per heavy atom. The number of hydrogen-bond acceptors (Lipinski definition) is 3. The predicted octanol–water partition coefficient (Wildman–Crippen LogP) is 1.49. The first-order valence-corrected chi connectivity index (χ1v) is 5.17. The molecule has 78 valence electrons. The van der Waals surface area contributed by atoms with Crippen LogP contribution in [0.5, 0.6) is 5.75 Å². The highest BCUT2D eigenvalue weighted by Gasteiger charge is 2.16. The number of ether oxygens (including phenoxy) is 1. The van der Waals surface area contributed by atoms with Gasteiger partial charge in [-0.1, -0.05) is 22.0 Å². The van der Waals surface area contributed by atoms with E-state index in [-0.39, 0.29) is 12.5 Å². The molecule has 0 fully saturated rings. The van der Waals surface area contributed by atoms with E-state index in [9.17, 15) is 0 Å². The lowest BCUT2D eigenvalue weighted by molar-refractivity contribution is 0.264. The topological polar surface area (TPSA) is 55.5 Å². The fraction of sp³-hybridized carbons (Fsp3) is 0.400. The average Bonchev–Trinajstić information content (AvgIpc) is 2.22. The van der Waals surface area contributed by atoms with Gasteiger partial charge in [-0.25, -0.2) is 0 Å². The maximum Gasteiger partial charge on any atom is 0.123 e. The normalized spacial score (nSPS) is 12.6. The number of aliphatic hydroxyl groups is 1. The minimum atomic E-state index is -0.0828. The molecule has 1 atom stereocenters. The molecule has 1 rings (SSSR count). The van der Waals surface area contributed by atoms with Gasteiger partial charge in [-0.2, -0.15) is 0 Å². The van der Waals surface area contributed by atoms with Gasteiger partial charge in [0.25, 0.3) is 0 Å². The van der Waals surface area contributed by atoms with Gasteiger partial charge in [-0.05, 0) is 12.1 Å². The van der Waals surface area contributed by atoms with Gasteiger partial charge >= 0.3 is 0 Å². The Morgan fingerprint density at radius 2 is 2.29 bits per heavy atom. The lowest BCUT2D eigenvalue weighted by Crippen LogP contribution is -2.17. The van der Waals surface area contributed by atoms with Crippen molar-refractivity contribution in [2.45, 2.75) is 5.92 Å². The zero-order valence-electron chi connectivity index (χ0n) is 8.03. The van der Waals surface area contributed by atoms with Crippen molar-refractivity contribution in [3.63, 3.8) is 0 Å². The fourth-order valence-corrected chi connectivity index (χ4v) is 2.05. The van der Waals surface area contributed by atoms with Crippen molar-refractivity contribution in [2.24, 2.45) is 5.73 Å². The van der Waals surface area contributed by atoms with Gasteiger partial charge in [-0.3, -0.25) is 0 Å². The second-order valence-electron chi connectivity index (χ2n) is 2.97. The van der Waals surface area contributed by atoms with Crippen LogP contribution in [0.25, 0.3) is 0 Å². The lowest BCUT2D eigenvalue weighted by Gasteiger charge is -2.17. The number of hydrogen-bond donors (Lipinski definition) is 2. The molecule has 14 heavy (non-hydrogen) atoms. The van der Waals surface area contributed by atoms with E-state index in [2.05, 4.69) is 15.9 Å². The second kappa shape index (κ2) is 5.34. The van der Waals surface area contributed by atoms with E-state index in [0.29, 0.717) is 6.54 Å². The molecular weight excluding hydrogens is 246 g/mol. The molecule has 0 heterocycles. The van der Waals surface area contributed by atoms with Gasteiger partial charge in [0.05, 0.1) is 13.7 Å². The largest absolute Gasteiger partial charge is 0.496 e. The number of halogens is 1. The number of nitrogens with two attached hydrogens (primary N) is 1. The predicted molar refractivity (Wildman–Crippen MR) is 59.6 cm³/mol.